The summed E-state index contributed by atoms with van der Waals surface area (Å²) in [5.74, 6) is 1.08. The molecule has 16 heavy (non-hydrogen) atoms. The van der Waals surface area contributed by atoms with Crippen molar-refractivity contribution in [2.45, 2.75) is 11.8 Å². The standard InChI is InChI=1S/C11H10O4S/c1-2-15-11(12)8-9-16(13,14)10-6-4-3-5-7-10/h3-7H,2H2,1H3. The molecule has 0 amide bonds. The maximum absolute atomic E-state index is 11.6. The van der Waals surface area contributed by atoms with Crippen LogP contribution in [0.25, 0.3) is 0 Å². The minimum Gasteiger partial charge on any atom is -0.456 e. The Bertz CT molecular complexity index is 520. The quantitative estimate of drug-likeness (QED) is 0.438. The number of sulfone groups is 1. The first-order valence-electron chi connectivity index (χ1n) is 4.56. The van der Waals surface area contributed by atoms with Crippen LogP contribution in [-0.2, 0) is 19.4 Å². The maximum atomic E-state index is 11.6. The van der Waals surface area contributed by atoms with Gasteiger partial charge in [0.1, 0.15) is 0 Å². The molecule has 0 saturated heterocycles. The van der Waals surface area contributed by atoms with E-state index in [1.165, 1.54) is 12.1 Å². The molecule has 0 aliphatic carbocycles. The summed E-state index contributed by atoms with van der Waals surface area (Å²) in [6.07, 6.45) is 0. The number of esters is 1. The Labute approximate surface area is 94.2 Å². The highest BCUT2D eigenvalue weighted by molar-refractivity contribution is 7.96. The summed E-state index contributed by atoms with van der Waals surface area (Å²) < 4.78 is 27.6. The van der Waals surface area contributed by atoms with Crippen LogP contribution in [0.5, 0.6) is 0 Å². The van der Waals surface area contributed by atoms with E-state index < -0.39 is 15.8 Å². The van der Waals surface area contributed by atoms with Crippen molar-refractivity contribution in [1.29, 1.82) is 0 Å². The fraction of sp³-hybridized carbons (Fsp3) is 0.182. The van der Waals surface area contributed by atoms with E-state index in [2.05, 4.69) is 4.74 Å². The minimum atomic E-state index is -3.74. The summed E-state index contributed by atoms with van der Waals surface area (Å²) >= 11 is 0. The number of ether oxygens (including phenoxy) is 1. The largest absolute Gasteiger partial charge is 0.456 e. The first-order chi connectivity index (χ1) is 7.56. The maximum Gasteiger partial charge on any atom is 0.385 e. The lowest BCUT2D eigenvalue weighted by atomic mass is 10.4. The number of hydrogen-bond acceptors (Lipinski definition) is 4. The Hall–Kier alpha value is -1.80. The third-order valence-corrected chi connectivity index (χ3v) is 2.88. The Morgan fingerprint density at radius 3 is 2.50 bits per heavy atom. The molecule has 1 aromatic rings. The van der Waals surface area contributed by atoms with Crippen molar-refractivity contribution in [3.05, 3.63) is 30.3 Å². The summed E-state index contributed by atoms with van der Waals surface area (Å²) in [7, 11) is -3.74. The summed E-state index contributed by atoms with van der Waals surface area (Å²) in [4.78, 5) is 10.9. The molecule has 5 heteroatoms. The molecule has 0 heterocycles. The topological polar surface area (TPSA) is 60.4 Å². The molecule has 84 valence electrons. The molecule has 0 aromatic heterocycles. The van der Waals surface area contributed by atoms with Crippen LogP contribution in [0.3, 0.4) is 0 Å². The molecule has 0 N–H and O–H groups in total. The fourth-order valence-corrected chi connectivity index (χ4v) is 1.79. The molecular formula is C11H10O4S. The Morgan fingerprint density at radius 1 is 1.31 bits per heavy atom. The monoisotopic (exact) mass is 238 g/mol. The van der Waals surface area contributed by atoms with Gasteiger partial charge in [-0.2, -0.15) is 0 Å². The molecule has 0 spiro atoms. The highest BCUT2D eigenvalue weighted by Crippen LogP contribution is 2.08. The first kappa shape index (κ1) is 12.3. The van der Waals surface area contributed by atoms with Gasteiger partial charge in [-0.1, -0.05) is 18.2 Å². The first-order valence-corrected chi connectivity index (χ1v) is 6.04. The van der Waals surface area contributed by atoms with E-state index in [4.69, 9.17) is 0 Å². The van der Waals surface area contributed by atoms with Gasteiger partial charge in [0.25, 0.3) is 0 Å². The lowest BCUT2D eigenvalue weighted by molar-refractivity contribution is -0.136. The van der Waals surface area contributed by atoms with E-state index in [-0.39, 0.29) is 11.5 Å². The number of rotatable bonds is 2. The summed E-state index contributed by atoms with van der Waals surface area (Å²) in [6, 6.07) is 7.68. The van der Waals surface area contributed by atoms with Crippen molar-refractivity contribution in [3.63, 3.8) is 0 Å². The molecule has 0 aliphatic heterocycles. The second-order valence-corrected chi connectivity index (χ2v) is 4.45. The molecule has 1 rings (SSSR count). The van der Waals surface area contributed by atoms with Crippen molar-refractivity contribution in [2.24, 2.45) is 0 Å². The van der Waals surface area contributed by atoms with Gasteiger partial charge in [-0.3, -0.25) is 0 Å². The molecule has 0 fully saturated rings. The van der Waals surface area contributed by atoms with Crippen LogP contribution in [0, 0.1) is 11.2 Å². The normalized spacial score (nSPS) is 10.1. The number of hydrogen-bond donors (Lipinski definition) is 0. The van der Waals surface area contributed by atoms with E-state index >= 15 is 0 Å². The molecular weight excluding hydrogens is 228 g/mol. The SMILES string of the molecule is CCOC(=O)C#CS(=O)(=O)c1ccccc1. The van der Waals surface area contributed by atoms with Gasteiger partial charge in [0, 0.05) is 11.2 Å². The highest BCUT2D eigenvalue weighted by atomic mass is 32.2. The van der Waals surface area contributed by atoms with Gasteiger partial charge in [0.15, 0.2) is 0 Å². The Balaban J connectivity index is 2.93. The smallest absolute Gasteiger partial charge is 0.385 e. The van der Waals surface area contributed by atoms with E-state index in [1.54, 1.807) is 25.1 Å². The second kappa shape index (κ2) is 5.33. The van der Waals surface area contributed by atoms with Crippen molar-refractivity contribution in [2.75, 3.05) is 6.61 Å². The average molecular weight is 238 g/mol. The Kier molecular flexibility index (Phi) is 4.09. The third kappa shape index (κ3) is 3.41. The van der Waals surface area contributed by atoms with E-state index in [0.29, 0.717) is 0 Å². The van der Waals surface area contributed by atoms with Crippen LogP contribution in [-0.4, -0.2) is 21.0 Å². The number of benzene rings is 1. The lowest BCUT2D eigenvalue weighted by Gasteiger charge is -1.94. The van der Waals surface area contributed by atoms with Gasteiger partial charge >= 0.3 is 5.97 Å². The van der Waals surface area contributed by atoms with E-state index in [1.807, 2.05) is 11.2 Å². The van der Waals surface area contributed by atoms with E-state index in [0.717, 1.165) is 0 Å². The van der Waals surface area contributed by atoms with Crippen LogP contribution in [0.4, 0.5) is 0 Å². The van der Waals surface area contributed by atoms with Gasteiger partial charge in [0.05, 0.1) is 11.5 Å². The van der Waals surface area contributed by atoms with Crippen LogP contribution in [0.15, 0.2) is 35.2 Å². The lowest BCUT2D eigenvalue weighted by Crippen LogP contribution is -2.02. The van der Waals surface area contributed by atoms with Gasteiger partial charge in [0.2, 0.25) is 9.84 Å². The molecule has 0 radical (unpaired) electrons. The van der Waals surface area contributed by atoms with Gasteiger partial charge in [-0.05, 0) is 19.1 Å². The Morgan fingerprint density at radius 2 is 1.94 bits per heavy atom. The van der Waals surface area contributed by atoms with Crippen molar-refractivity contribution in [3.8, 4) is 11.2 Å². The number of carbonyl (C=O) groups excluding carboxylic acids is 1. The summed E-state index contributed by atoms with van der Waals surface area (Å²) in [6.45, 7) is 1.78. The zero-order chi connectivity index (χ0) is 12.0. The van der Waals surface area contributed by atoms with Crippen LogP contribution in [0.2, 0.25) is 0 Å². The van der Waals surface area contributed by atoms with Crippen molar-refractivity contribution >= 4 is 15.8 Å². The van der Waals surface area contributed by atoms with E-state index in [9.17, 15) is 13.2 Å². The van der Waals surface area contributed by atoms with Crippen molar-refractivity contribution in [1.82, 2.24) is 0 Å². The molecule has 0 saturated carbocycles. The molecule has 1 aromatic carbocycles. The van der Waals surface area contributed by atoms with Crippen molar-refractivity contribution < 1.29 is 17.9 Å². The molecule has 0 bridgehead atoms. The minimum absolute atomic E-state index is 0.0619. The number of carbonyl (C=O) groups is 1. The van der Waals surface area contributed by atoms with Gasteiger partial charge < -0.3 is 4.74 Å². The van der Waals surface area contributed by atoms with Crippen LogP contribution in [0.1, 0.15) is 6.92 Å². The fourth-order valence-electron chi connectivity index (χ4n) is 0.935. The predicted octanol–water partition coefficient (Wildman–Crippen LogP) is 0.984. The predicted molar refractivity (Wildman–Crippen MR) is 58.0 cm³/mol. The molecule has 4 nitrogen and oxygen atoms in total. The highest BCUT2D eigenvalue weighted by Gasteiger charge is 2.09. The third-order valence-electron chi connectivity index (χ3n) is 1.62. The summed E-state index contributed by atoms with van der Waals surface area (Å²) in [5, 5.41) is 1.91. The zero-order valence-electron chi connectivity index (χ0n) is 8.64. The molecule has 0 atom stereocenters. The van der Waals surface area contributed by atoms with Gasteiger partial charge in [-0.25, -0.2) is 13.2 Å². The van der Waals surface area contributed by atoms with Gasteiger partial charge in [-0.15, -0.1) is 0 Å². The van der Waals surface area contributed by atoms with Crippen LogP contribution < -0.4 is 0 Å². The molecule has 0 unspecified atom stereocenters. The molecule has 0 aliphatic rings. The zero-order valence-corrected chi connectivity index (χ0v) is 9.45. The average Bonchev–Trinajstić information content (AvgIpc) is 2.28. The van der Waals surface area contributed by atoms with Crippen LogP contribution >= 0.6 is 0 Å². The second-order valence-electron chi connectivity index (χ2n) is 2.76. The summed E-state index contributed by atoms with van der Waals surface area (Å²) in [5.41, 5.74) is 0.